The number of alkyl halides is 3. The maximum absolute atomic E-state index is 12.6. The van der Waals surface area contributed by atoms with E-state index in [2.05, 4.69) is 9.97 Å². The molecule has 1 unspecified atom stereocenters. The Morgan fingerprint density at radius 1 is 1.37 bits per heavy atom. The molecule has 0 fully saturated rings. The lowest BCUT2D eigenvalue weighted by atomic mass is 10.0. The Bertz CT molecular complexity index is 589. The first-order valence-corrected chi connectivity index (χ1v) is 5.69. The first-order valence-electron chi connectivity index (χ1n) is 5.69. The van der Waals surface area contributed by atoms with Crippen LogP contribution in [0.4, 0.5) is 13.2 Å². The number of benzene rings is 1. The monoisotopic (exact) mass is 273 g/mol. The molecule has 7 heteroatoms. The van der Waals surface area contributed by atoms with E-state index in [4.69, 9.17) is 5.73 Å². The molecule has 0 aliphatic rings. The largest absolute Gasteiger partial charge is 0.416 e. The molecule has 19 heavy (non-hydrogen) atoms. The predicted octanol–water partition coefficient (Wildman–Crippen LogP) is 1.83. The number of rotatable bonds is 3. The van der Waals surface area contributed by atoms with Gasteiger partial charge in [-0.15, -0.1) is 0 Å². The fourth-order valence-electron chi connectivity index (χ4n) is 1.76. The van der Waals surface area contributed by atoms with E-state index in [0.717, 1.165) is 12.1 Å². The average Bonchev–Trinajstić information content (AvgIpc) is 2.67. The van der Waals surface area contributed by atoms with Gasteiger partial charge in [-0.25, -0.2) is 4.98 Å². The molecule has 0 aliphatic heterocycles. The zero-order valence-corrected chi connectivity index (χ0v) is 10.3. The van der Waals surface area contributed by atoms with E-state index in [0.29, 0.717) is 11.3 Å². The van der Waals surface area contributed by atoms with Gasteiger partial charge in [-0.2, -0.15) is 13.2 Å². The van der Waals surface area contributed by atoms with Gasteiger partial charge in [0.1, 0.15) is 5.82 Å². The Labute approximate surface area is 107 Å². The number of aromatic nitrogens is 2. The Kier molecular flexibility index (Phi) is 3.27. The van der Waals surface area contributed by atoms with Crippen molar-refractivity contribution in [2.45, 2.75) is 25.1 Å². The van der Waals surface area contributed by atoms with Crippen LogP contribution in [0.15, 0.2) is 18.2 Å². The Hall–Kier alpha value is -1.60. The van der Waals surface area contributed by atoms with Gasteiger partial charge >= 0.3 is 6.18 Å². The molecule has 0 bridgehead atoms. The average molecular weight is 273 g/mol. The van der Waals surface area contributed by atoms with Crippen molar-refractivity contribution in [2.75, 3.05) is 6.54 Å². The molecule has 1 aromatic carbocycles. The summed E-state index contributed by atoms with van der Waals surface area (Å²) in [5, 5.41) is 9.82. The Balaban J connectivity index is 2.36. The van der Waals surface area contributed by atoms with Crippen LogP contribution in [0.1, 0.15) is 18.3 Å². The van der Waals surface area contributed by atoms with E-state index in [9.17, 15) is 18.3 Å². The quantitative estimate of drug-likeness (QED) is 0.798. The van der Waals surface area contributed by atoms with E-state index in [1.54, 1.807) is 6.92 Å². The minimum atomic E-state index is -4.39. The van der Waals surface area contributed by atoms with E-state index in [1.165, 1.54) is 6.07 Å². The number of fused-ring (bicyclic) bond motifs is 1. The number of hydrogen-bond acceptors (Lipinski definition) is 3. The molecule has 0 amide bonds. The molecule has 2 rings (SSSR count). The minimum Gasteiger partial charge on any atom is -0.388 e. The van der Waals surface area contributed by atoms with Crippen LogP contribution in [0.5, 0.6) is 0 Å². The maximum atomic E-state index is 12.6. The van der Waals surface area contributed by atoms with Crippen molar-refractivity contribution >= 4 is 11.0 Å². The van der Waals surface area contributed by atoms with E-state index >= 15 is 0 Å². The number of aliphatic hydroxyl groups is 1. The van der Waals surface area contributed by atoms with Crippen LogP contribution < -0.4 is 5.73 Å². The molecular formula is C12H14F3N3O. The van der Waals surface area contributed by atoms with Crippen LogP contribution in [0.2, 0.25) is 0 Å². The highest BCUT2D eigenvalue weighted by molar-refractivity contribution is 5.76. The van der Waals surface area contributed by atoms with Gasteiger partial charge in [-0.05, 0) is 25.1 Å². The lowest BCUT2D eigenvalue weighted by Crippen LogP contribution is -2.36. The molecule has 0 aliphatic carbocycles. The summed E-state index contributed by atoms with van der Waals surface area (Å²) >= 11 is 0. The molecule has 1 aromatic heterocycles. The lowest BCUT2D eigenvalue weighted by molar-refractivity contribution is -0.137. The van der Waals surface area contributed by atoms with Crippen molar-refractivity contribution in [3.05, 3.63) is 29.6 Å². The minimum absolute atomic E-state index is 0.0395. The second-order valence-corrected chi connectivity index (χ2v) is 4.79. The van der Waals surface area contributed by atoms with Crippen molar-refractivity contribution in [3.8, 4) is 0 Å². The molecule has 0 radical (unpaired) electrons. The number of imidazole rings is 1. The summed E-state index contributed by atoms with van der Waals surface area (Å²) in [5.74, 6) is 0.407. The number of aromatic amines is 1. The third-order valence-electron chi connectivity index (χ3n) is 2.85. The first-order chi connectivity index (χ1) is 8.71. The molecule has 4 N–H and O–H groups in total. The van der Waals surface area contributed by atoms with Crippen molar-refractivity contribution in [3.63, 3.8) is 0 Å². The smallest absolute Gasteiger partial charge is 0.388 e. The molecule has 1 heterocycles. The third kappa shape index (κ3) is 3.05. The van der Waals surface area contributed by atoms with Gasteiger partial charge in [-0.1, -0.05) is 0 Å². The van der Waals surface area contributed by atoms with Crippen LogP contribution in [0, 0.1) is 0 Å². The van der Waals surface area contributed by atoms with Crippen LogP contribution in [0.3, 0.4) is 0 Å². The second-order valence-electron chi connectivity index (χ2n) is 4.79. The number of nitrogens with one attached hydrogen (secondary N) is 1. The third-order valence-corrected chi connectivity index (χ3v) is 2.85. The van der Waals surface area contributed by atoms with Crippen LogP contribution in [-0.2, 0) is 12.6 Å². The fourth-order valence-corrected chi connectivity index (χ4v) is 1.76. The number of halogens is 3. The number of H-pyrrole nitrogens is 1. The summed E-state index contributed by atoms with van der Waals surface area (Å²) < 4.78 is 37.7. The summed E-state index contributed by atoms with van der Waals surface area (Å²) in [4.78, 5) is 6.90. The molecule has 1 atom stereocenters. The van der Waals surface area contributed by atoms with E-state index in [1.807, 2.05) is 0 Å². The number of nitrogens with zero attached hydrogens (tertiary/aromatic N) is 1. The Morgan fingerprint density at radius 3 is 2.63 bits per heavy atom. The summed E-state index contributed by atoms with van der Waals surface area (Å²) in [6, 6.07) is 3.28. The highest BCUT2D eigenvalue weighted by Crippen LogP contribution is 2.31. The molecular weight excluding hydrogens is 259 g/mol. The fraction of sp³-hybridized carbons (Fsp3) is 0.417. The summed E-state index contributed by atoms with van der Waals surface area (Å²) in [7, 11) is 0. The summed E-state index contributed by atoms with van der Waals surface area (Å²) in [5.41, 5.74) is 4.23. The van der Waals surface area contributed by atoms with Crippen LogP contribution in [-0.4, -0.2) is 27.2 Å². The van der Waals surface area contributed by atoms with Crippen molar-refractivity contribution in [1.82, 2.24) is 9.97 Å². The van der Waals surface area contributed by atoms with Crippen molar-refractivity contribution < 1.29 is 18.3 Å². The molecule has 0 saturated carbocycles. The predicted molar refractivity (Wildman–Crippen MR) is 64.5 cm³/mol. The first kappa shape index (κ1) is 13.8. The van der Waals surface area contributed by atoms with Gasteiger partial charge in [0.25, 0.3) is 0 Å². The van der Waals surface area contributed by atoms with E-state index in [-0.39, 0.29) is 18.5 Å². The van der Waals surface area contributed by atoms with Crippen LogP contribution in [0.25, 0.3) is 11.0 Å². The normalized spacial score (nSPS) is 15.7. The zero-order chi connectivity index (χ0) is 14.3. The van der Waals surface area contributed by atoms with Gasteiger partial charge in [0.2, 0.25) is 0 Å². The molecule has 0 spiro atoms. The standard InChI is InChI=1S/C12H14F3N3O/c1-11(19,6-16)5-10-17-8-3-2-7(12(13,14)15)4-9(8)18-10/h2-4,19H,5-6,16H2,1H3,(H,17,18). The van der Waals surface area contributed by atoms with Gasteiger partial charge in [0.15, 0.2) is 0 Å². The molecule has 2 aromatic rings. The van der Waals surface area contributed by atoms with Gasteiger partial charge in [0, 0.05) is 13.0 Å². The van der Waals surface area contributed by atoms with E-state index < -0.39 is 17.3 Å². The second kappa shape index (κ2) is 4.50. The van der Waals surface area contributed by atoms with Crippen LogP contribution >= 0.6 is 0 Å². The van der Waals surface area contributed by atoms with Gasteiger partial charge < -0.3 is 15.8 Å². The number of nitrogens with two attached hydrogens (primary N) is 1. The highest BCUT2D eigenvalue weighted by Gasteiger charge is 2.31. The van der Waals surface area contributed by atoms with Crippen molar-refractivity contribution in [1.29, 1.82) is 0 Å². The summed E-state index contributed by atoms with van der Waals surface area (Å²) in [6.45, 7) is 1.58. The molecule has 4 nitrogen and oxygen atoms in total. The maximum Gasteiger partial charge on any atom is 0.416 e. The van der Waals surface area contributed by atoms with Gasteiger partial charge in [-0.3, -0.25) is 0 Å². The topological polar surface area (TPSA) is 74.9 Å². The van der Waals surface area contributed by atoms with Gasteiger partial charge in [0.05, 0.1) is 22.2 Å². The number of hydrogen-bond donors (Lipinski definition) is 3. The summed E-state index contributed by atoms with van der Waals surface area (Å²) in [6.07, 6.45) is -4.23. The molecule has 0 saturated heterocycles. The molecule has 104 valence electrons. The zero-order valence-electron chi connectivity index (χ0n) is 10.3. The highest BCUT2D eigenvalue weighted by atomic mass is 19.4. The lowest BCUT2D eigenvalue weighted by Gasteiger charge is -2.18. The SMILES string of the molecule is CC(O)(CN)Cc1nc2ccc(C(F)(F)F)cc2[nH]1. The Morgan fingerprint density at radius 2 is 2.05 bits per heavy atom. The van der Waals surface area contributed by atoms with Crippen molar-refractivity contribution in [2.24, 2.45) is 5.73 Å².